The molecule has 0 saturated heterocycles. The molecule has 1 heterocycles. The molecule has 1 N–H and O–H groups in total. The number of oxazole rings is 1. The Morgan fingerprint density at radius 1 is 1.47 bits per heavy atom. The van der Waals surface area contributed by atoms with Gasteiger partial charge in [0.2, 0.25) is 5.76 Å². The minimum Gasteiger partial charge on any atom is -0.475 e. The van der Waals surface area contributed by atoms with Gasteiger partial charge in [-0.2, -0.15) is 0 Å². The lowest BCUT2D eigenvalue weighted by Crippen LogP contribution is -2.26. The lowest BCUT2D eigenvalue weighted by atomic mass is 9.69. The summed E-state index contributed by atoms with van der Waals surface area (Å²) in [4.78, 5) is 15.7. The van der Waals surface area contributed by atoms with Gasteiger partial charge in [0, 0.05) is 5.92 Å². The average molecular weight is 265 g/mol. The van der Waals surface area contributed by atoms with Crippen molar-refractivity contribution >= 4 is 5.97 Å². The molecule has 1 saturated carbocycles. The molecule has 1 aliphatic carbocycles. The zero-order chi connectivity index (χ0) is 14.0. The molecule has 1 aromatic rings. The van der Waals surface area contributed by atoms with E-state index in [0.717, 1.165) is 19.3 Å². The maximum Gasteiger partial charge on any atom is 0.373 e. The second kappa shape index (κ2) is 5.35. The van der Waals surface area contributed by atoms with Crippen molar-refractivity contribution in [2.24, 2.45) is 5.41 Å². The van der Waals surface area contributed by atoms with Crippen molar-refractivity contribution in [2.45, 2.75) is 65.2 Å². The summed E-state index contributed by atoms with van der Waals surface area (Å²) in [5.74, 6) is -0.0930. The van der Waals surface area contributed by atoms with E-state index in [1.165, 1.54) is 12.8 Å². The number of carbonyl (C=O) groups is 1. The van der Waals surface area contributed by atoms with E-state index >= 15 is 0 Å². The summed E-state index contributed by atoms with van der Waals surface area (Å²) in [6, 6.07) is 0. The highest BCUT2D eigenvalue weighted by molar-refractivity contribution is 5.85. The van der Waals surface area contributed by atoms with E-state index in [1.807, 2.05) is 6.92 Å². The van der Waals surface area contributed by atoms with Gasteiger partial charge in [0.25, 0.3) is 0 Å². The number of rotatable bonds is 4. The second-order valence-electron chi connectivity index (χ2n) is 6.17. The monoisotopic (exact) mass is 265 g/mol. The van der Waals surface area contributed by atoms with Gasteiger partial charge in [0.1, 0.15) is 0 Å². The molecule has 106 valence electrons. The van der Waals surface area contributed by atoms with Crippen LogP contribution in [0.3, 0.4) is 0 Å². The van der Waals surface area contributed by atoms with Gasteiger partial charge in [0.05, 0.1) is 5.69 Å². The van der Waals surface area contributed by atoms with Gasteiger partial charge in [-0.25, -0.2) is 9.78 Å². The first-order valence-electron chi connectivity index (χ1n) is 7.18. The molecule has 1 fully saturated rings. The second-order valence-corrected chi connectivity index (χ2v) is 6.17. The Kier molecular flexibility index (Phi) is 3.97. The standard InChI is InChI=1S/C15H23NO3/c1-4-7-11-12(14(17)18)19-13(16-11)10-8-5-6-9-15(10,2)3/h10H,4-9H2,1-3H3,(H,17,18). The molecule has 1 atom stereocenters. The van der Waals surface area contributed by atoms with Crippen LogP contribution in [0.4, 0.5) is 0 Å². The van der Waals surface area contributed by atoms with E-state index < -0.39 is 5.97 Å². The molecule has 0 aliphatic heterocycles. The van der Waals surface area contributed by atoms with Crippen LogP contribution in [0.5, 0.6) is 0 Å². The molecule has 0 spiro atoms. The Bertz CT molecular complexity index is 462. The number of nitrogens with zero attached hydrogens (tertiary/aromatic N) is 1. The molecule has 4 nitrogen and oxygen atoms in total. The highest BCUT2D eigenvalue weighted by Crippen LogP contribution is 2.46. The SMILES string of the molecule is CCCc1nc(C2CCCCC2(C)C)oc1C(=O)O. The fourth-order valence-corrected chi connectivity index (χ4v) is 3.04. The normalized spacial score (nSPS) is 22.4. The predicted molar refractivity (Wildman–Crippen MR) is 72.4 cm³/mol. The van der Waals surface area contributed by atoms with Gasteiger partial charge >= 0.3 is 5.97 Å². The third-order valence-electron chi connectivity index (χ3n) is 4.20. The molecular weight excluding hydrogens is 242 g/mol. The van der Waals surface area contributed by atoms with Gasteiger partial charge in [-0.1, -0.05) is 40.0 Å². The van der Waals surface area contributed by atoms with E-state index in [4.69, 9.17) is 4.42 Å². The van der Waals surface area contributed by atoms with Gasteiger partial charge in [-0.3, -0.25) is 0 Å². The van der Waals surface area contributed by atoms with Gasteiger partial charge in [-0.05, 0) is 24.7 Å². The molecule has 0 radical (unpaired) electrons. The maximum atomic E-state index is 11.2. The maximum absolute atomic E-state index is 11.2. The Morgan fingerprint density at radius 2 is 2.21 bits per heavy atom. The molecule has 19 heavy (non-hydrogen) atoms. The van der Waals surface area contributed by atoms with Crippen LogP contribution in [0.25, 0.3) is 0 Å². The highest BCUT2D eigenvalue weighted by atomic mass is 16.4. The fraction of sp³-hybridized carbons (Fsp3) is 0.733. The first kappa shape index (κ1) is 14.1. The quantitative estimate of drug-likeness (QED) is 0.893. The summed E-state index contributed by atoms with van der Waals surface area (Å²) >= 11 is 0. The van der Waals surface area contributed by atoms with Crippen LogP contribution >= 0.6 is 0 Å². The van der Waals surface area contributed by atoms with Gasteiger partial charge < -0.3 is 9.52 Å². The minimum absolute atomic E-state index is 0.0400. The van der Waals surface area contributed by atoms with Crippen molar-refractivity contribution in [3.63, 3.8) is 0 Å². The van der Waals surface area contributed by atoms with Crippen molar-refractivity contribution in [1.82, 2.24) is 4.98 Å². The third kappa shape index (κ3) is 2.82. The Morgan fingerprint density at radius 3 is 2.79 bits per heavy atom. The van der Waals surface area contributed by atoms with E-state index in [-0.39, 0.29) is 17.1 Å². The smallest absolute Gasteiger partial charge is 0.373 e. The van der Waals surface area contributed by atoms with Crippen LogP contribution in [0, 0.1) is 5.41 Å². The van der Waals surface area contributed by atoms with E-state index in [1.54, 1.807) is 0 Å². The highest BCUT2D eigenvalue weighted by Gasteiger charge is 2.37. The summed E-state index contributed by atoms with van der Waals surface area (Å²) in [6.07, 6.45) is 6.13. The van der Waals surface area contributed by atoms with Crippen molar-refractivity contribution in [1.29, 1.82) is 0 Å². The number of aromatic nitrogens is 1. The third-order valence-corrected chi connectivity index (χ3v) is 4.20. The molecule has 1 aliphatic rings. The van der Waals surface area contributed by atoms with Crippen molar-refractivity contribution in [2.75, 3.05) is 0 Å². The lowest BCUT2D eigenvalue weighted by Gasteiger charge is -2.36. The molecule has 4 heteroatoms. The summed E-state index contributed by atoms with van der Waals surface area (Å²) in [5, 5.41) is 9.20. The molecule has 1 unspecified atom stereocenters. The van der Waals surface area contributed by atoms with Crippen molar-refractivity contribution in [3.05, 3.63) is 17.3 Å². The Balaban J connectivity index is 2.34. The fourth-order valence-electron chi connectivity index (χ4n) is 3.04. The summed E-state index contributed by atoms with van der Waals surface area (Å²) in [5.41, 5.74) is 0.744. The lowest BCUT2D eigenvalue weighted by molar-refractivity contribution is 0.0653. The summed E-state index contributed by atoms with van der Waals surface area (Å²) in [6.45, 7) is 6.46. The number of carboxylic acids is 1. The molecule has 0 amide bonds. The van der Waals surface area contributed by atoms with E-state index in [9.17, 15) is 9.90 Å². The van der Waals surface area contributed by atoms with E-state index in [2.05, 4.69) is 18.8 Å². The molecule has 0 aromatic carbocycles. The van der Waals surface area contributed by atoms with Crippen LogP contribution in [0.1, 0.15) is 80.9 Å². The first-order valence-corrected chi connectivity index (χ1v) is 7.18. The van der Waals surface area contributed by atoms with Crippen LogP contribution in [0.2, 0.25) is 0 Å². The topological polar surface area (TPSA) is 63.3 Å². The first-order chi connectivity index (χ1) is 8.95. The number of aromatic carboxylic acids is 1. The van der Waals surface area contributed by atoms with Gasteiger partial charge in [-0.15, -0.1) is 0 Å². The number of hydrogen-bond acceptors (Lipinski definition) is 3. The van der Waals surface area contributed by atoms with Crippen LogP contribution in [-0.4, -0.2) is 16.1 Å². The molecule has 0 bridgehead atoms. The van der Waals surface area contributed by atoms with Crippen LogP contribution in [-0.2, 0) is 6.42 Å². The zero-order valence-electron chi connectivity index (χ0n) is 12.0. The Hall–Kier alpha value is -1.32. The van der Waals surface area contributed by atoms with Crippen LogP contribution in [0.15, 0.2) is 4.42 Å². The van der Waals surface area contributed by atoms with Crippen molar-refractivity contribution < 1.29 is 14.3 Å². The van der Waals surface area contributed by atoms with Crippen molar-refractivity contribution in [3.8, 4) is 0 Å². The van der Waals surface area contributed by atoms with E-state index in [0.29, 0.717) is 18.0 Å². The molecule has 1 aromatic heterocycles. The van der Waals surface area contributed by atoms with Gasteiger partial charge in [0.15, 0.2) is 5.89 Å². The predicted octanol–water partition coefficient (Wildman–Crippen LogP) is 4.01. The molecular formula is C15H23NO3. The summed E-state index contributed by atoms with van der Waals surface area (Å²) in [7, 11) is 0. The molecule has 2 rings (SSSR count). The number of carboxylic acid groups (broad SMARTS) is 1. The zero-order valence-corrected chi connectivity index (χ0v) is 12.0. The number of aryl methyl sites for hydroxylation is 1. The Labute approximate surface area is 114 Å². The number of hydrogen-bond donors (Lipinski definition) is 1. The largest absolute Gasteiger partial charge is 0.475 e. The van der Waals surface area contributed by atoms with Crippen LogP contribution < -0.4 is 0 Å². The summed E-state index contributed by atoms with van der Waals surface area (Å²) < 4.78 is 5.59. The average Bonchev–Trinajstić information content (AvgIpc) is 2.73. The minimum atomic E-state index is -1.00.